The zero-order valence-corrected chi connectivity index (χ0v) is 12.6. The van der Waals surface area contributed by atoms with Gasteiger partial charge in [0.1, 0.15) is 5.60 Å². The van der Waals surface area contributed by atoms with Crippen molar-refractivity contribution in [2.45, 2.75) is 58.6 Å². The SMILES string of the molecule is CC#CCCNC1CCN(C(=O)OC(C)(C)C)CC1. The van der Waals surface area contributed by atoms with E-state index in [0.29, 0.717) is 6.04 Å². The summed E-state index contributed by atoms with van der Waals surface area (Å²) in [4.78, 5) is 13.7. The Hall–Kier alpha value is -1.21. The first-order chi connectivity index (χ1) is 8.92. The summed E-state index contributed by atoms with van der Waals surface area (Å²) in [6.45, 7) is 10.0. The van der Waals surface area contributed by atoms with Crippen molar-refractivity contribution in [1.82, 2.24) is 10.2 Å². The Morgan fingerprint density at radius 2 is 2.00 bits per heavy atom. The van der Waals surface area contributed by atoms with Crippen LogP contribution in [0.4, 0.5) is 4.79 Å². The molecule has 1 saturated heterocycles. The summed E-state index contributed by atoms with van der Waals surface area (Å²) in [5.74, 6) is 5.93. The molecule has 1 amide bonds. The van der Waals surface area contributed by atoms with Gasteiger partial charge in [-0.15, -0.1) is 11.8 Å². The van der Waals surface area contributed by atoms with Gasteiger partial charge in [0.15, 0.2) is 0 Å². The molecule has 0 bridgehead atoms. The molecule has 0 unspecified atom stereocenters. The minimum atomic E-state index is -0.412. The molecule has 1 heterocycles. The van der Waals surface area contributed by atoms with Gasteiger partial charge in [0.05, 0.1) is 0 Å². The molecule has 1 aliphatic rings. The predicted octanol–water partition coefficient (Wildman–Crippen LogP) is 2.39. The summed E-state index contributed by atoms with van der Waals surface area (Å²) in [6, 6.07) is 0.498. The van der Waals surface area contributed by atoms with Crippen molar-refractivity contribution in [3.63, 3.8) is 0 Å². The van der Waals surface area contributed by atoms with Crippen LogP contribution in [-0.2, 0) is 4.74 Å². The number of hydrogen-bond acceptors (Lipinski definition) is 3. The van der Waals surface area contributed by atoms with Crippen LogP contribution in [0.1, 0.15) is 47.0 Å². The molecule has 0 atom stereocenters. The number of nitrogens with one attached hydrogen (secondary N) is 1. The molecule has 0 aromatic rings. The monoisotopic (exact) mass is 266 g/mol. The van der Waals surface area contributed by atoms with Crippen molar-refractivity contribution in [3.8, 4) is 11.8 Å². The lowest BCUT2D eigenvalue weighted by Gasteiger charge is -2.33. The van der Waals surface area contributed by atoms with E-state index in [-0.39, 0.29) is 6.09 Å². The van der Waals surface area contributed by atoms with E-state index < -0.39 is 5.60 Å². The molecule has 1 N–H and O–H groups in total. The maximum Gasteiger partial charge on any atom is 0.410 e. The maximum absolute atomic E-state index is 11.9. The van der Waals surface area contributed by atoms with Gasteiger partial charge < -0.3 is 15.0 Å². The minimum Gasteiger partial charge on any atom is -0.444 e. The molecule has 4 nitrogen and oxygen atoms in total. The Morgan fingerprint density at radius 3 is 2.53 bits per heavy atom. The number of carbonyl (C=O) groups excluding carboxylic acids is 1. The number of likely N-dealkylation sites (tertiary alicyclic amines) is 1. The van der Waals surface area contributed by atoms with Crippen LogP contribution in [0.25, 0.3) is 0 Å². The lowest BCUT2D eigenvalue weighted by atomic mass is 10.1. The van der Waals surface area contributed by atoms with E-state index >= 15 is 0 Å². The van der Waals surface area contributed by atoms with Crippen LogP contribution >= 0.6 is 0 Å². The number of ether oxygens (including phenoxy) is 1. The van der Waals surface area contributed by atoms with E-state index in [4.69, 9.17) is 4.74 Å². The van der Waals surface area contributed by atoms with Crippen LogP contribution < -0.4 is 5.32 Å². The number of carbonyl (C=O) groups is 1. The molecule has 0 aromatic carbocycles. The Balaban J connectivity index is 2.24. The Kier molecular flexibility index (Phi) is 6.17. The number of rotatable bonds is 3. The molecule has 0 aromatic heterocycles. The topological polar surface area (TPSA) is 41.6 Å². The van der Waals surface area contributed by atoms with Crippen LogP contribution in [0.5, 0.6) is 0 Å². The van der Waals surface area contributed by atoms with E-state index in [9.17, 15) is 4.79 Å². The number of amides is 1. The van der Waals surface area contributed by atoms with Crippen LogP contribution in [0.3, 0.4) is 0 Å². The van der Waals surface area contributed by atoms with Crippen LogP contribution in [0.15, 0.2) is 0 Å². The lowest BCUT2D eigenvalue weighted by Crippen LogP contribution is -2.46. The molecular formula is C15H26N2O2. The molecule has 4 heteroatoms. The fourth-order valence-electron chi connectivity index (χ4n) is 2.06. The summed E-state index contributed by atoms with van der Waals surface area (Å²) >= 11 is 0. The molecule has 0 aliphatic carbocycles. The highest BCUT2D eigenvalue weighted by Gasteiger charge is 2.26. The second-order valence-corrected chi connectivity index (χ2v) is 5.87. The first kappa shape index (κ1) is 15.8. The van der Waals surface area contributed by atoms with E-state index in [1.54, 1.807) is 4.90 Å². The third-order valence-corrected chi connectivity index (χ3v) is 3.01. The second kappa shape index (κ2) is 7.40. The standard InChI is InChI=1S/C15H26N2O2/c1-5-6-7-10-16-13-8-11-17(12-9-13)14(18)19-15(2,3)4/h13,16H,7-12H2,1-4H3. The minimum absolute atomic E-state index is 0.192. The van der Waals surface area contributed by atoms with Crippen LogP contribution in [-0.4, -0.2) is 42.3 Å². The van der Waals surface area contributed by atoms with Gasteiger partial charge in [-0.05, 0) is 40.5 Å². The van der Waals surface area contributed by atoms with Crippen molar-refractivity contribution in [2.24, 2.45) is 0 Å². The van der Waals surface area contributed by atoms with Gasteiger partial charge >= 0.3 is 6.09 Å². The number of piperidine rings is 1. The van der Waals surface area contributed by atoms with Crippen molar-refractivity contribution < 1.29 is 9.53 Å². The molecule has 1 rings (SSSR count). The first-order valence-corrected chi connectivity index (χ1v) is 7.03. The van der Waals surface area contributed by atoms with E-state index in [2.05, 4.69) is 17.2 Å². The van der Waals surface area contributed by atoms with Gasteiger partial charge in [-0.2, -0.15) is 0 Å². The third kappa shape index (κ3) is 6.49. The molecule has 0 spiro atoms. The summed E-state index contributed by atoms with van der Waals surface area (Å²) in [5, 5.41) is 3.48. The van der Waals surface area contributed by atoms with Crippen molar-refractivity contribution in [2.75, 3.05) is 19.6 Å². The van der Waals surface area contributed by atoms with E-state index in [0.717, 1.165) is 38.9 Å². The predicted molar refractivity (Wildman–Crippen MR) is 76.9 cm³/mol. The second-order valence-electron chi connectivity index (χ2n) is 5.87. The quantitative estimate of drug-likeness (QED) is 0.630. The van der Waals surface area contributed by atoms with Gasteiger partial charge in [-0.3, -0.25) is 0 Å². The molecule has 1 aliphatic heterocycles. The molecule has 0 radical (unpaired) electrons. The lowest BCUT2D eigenvalue weighted by molar-refractivity contribution is 0.0199. The molecular weight excluding hydrogens is 240 g/mol. The molecule has 0 saturated carbocycles. The average molecular weight is 266 g/mol. The smallest absolute Gasteiger partial charge is 0.410 e. The fraction of sp³-hybridized carbons (Fsp3) is 0.800. The van der Waals surface area contributed by atoms with Crippen LogP contribution in [0.2, 0.25) is 0 Å². The van der Waals surface area contributed by atoms with Gasteiger partial charge in [0, 0.05) is 32.1 Å². The van der Waals surface area contributed by atoms with Crippen molar-refractivity contribution in [1.29, 1.82) is 0 Å². The van der Waals surface area contributed by atoms with E-state index in [1.165, 1.54) is 0 Å². The number of hydrogen-bond donors (Lipinski definition) is 1. The third-order valence-electron chi connectivity index (χ3n) is 3.01. The zero-order valence-electron chi connectivity index (χ0n) is 12.6. The van der Waals surface area contributed by atoms with Gasteiger partial charge in [0.2, 0.25) is 0 Å². The van der Waals surface area contributed by atoms with Gasteiger partial charge in [0.25, 0.3) is 0 Å². The Bertz CT molecular complexity index is 341. The Morgan fingerprint density at radius 1 is 1.37 bits per heavy atom. The first-order valence-electron chi connectivity index (χ1n) is 7.03. The van der Waals surface area contributed by atoms with Gasteiger partial charge in [-0.25, -0.2) is 4.79 Å². The van der Waals surface area contributed by atoms with Crippen molar-refractivity contribution >= 4 is 6.09 Å². The zero-order chi connectivity index (χ0) is 14.3. The molecule has 108 valence electrons. The van der Waals surface area contributed by atoms with Crippen LogP contribution in [0, 0.1) is 11.8 Å². The Labute approximate surface area is 116 Å². The van der Waals surface area contributed by atoms with Crippen molar-refractivity contribution in [3.05, 3.63) is 0 Å². The number of nitrogens with zero attached hydrogens (tertiary/aromatic N) is 1. The highest BCUT2D eigenvalue weighted by Crippen LogP contribution is 2.15. The maximum atomic E-state index is 11.9. The van der Waals surface area contributed by atoms with Gasteiger partial charge in [-0.1, -0.05) is 0 Å². The highest BCUT2D eigenvalue weighted by molar-refractivity contribution is 5.68. The summed E-state index contributed by atoms with van der Waals surface area (Å²) in [7, 11) is 0. The summed E-state index contributed by atoms with van der Waals surface area (Å²) in [5.41, 5.74) is -0.412. The normalized spacial score (nSPS) is 16.7. The molecule has 19 heavy (non-hydrogen) atoms. The molecule has 1 fully saturated rings. The summed E-state index contributed by atoms with van der Waals surface area (Å²) in [6.07, 6.45) is 2.67. The van der Waals surface area contributed by atoms with E-state index in [1.807, 2.05) is 27.7 Å². The fourth-order valence-corrected chi connectivity index (χ4v) is 2.06. The largest absolute Gasteiger partial charge is 0.444 e. The summed E-state index contributed by atoms with van der Waals surface area (Å²) < 4.78 is 5.37. The average Bonchev–Trinajstić information content (AvgIpc) is 2.33. The highest BCUT2D eigenvalue weighted by atomic mass is 16.6.